The number of ether oxygens (including phenoxy) is 4. The highest BCUT2D eigenvalue weighted by Gasteiger charge is 2.34. The quantitative estimate of drug-likeness (QED) is 0.466. The summed E-state index contributed by atoms with van der Waals surface area (Å²) in [5, 5.41) is 15.1. The number of aliphatic imine (C=N–C) groups is 1. The van der Waals surface area contributed by atoms with E-state index in [1.165, 1.54) is 31.0 Å². The first kappa shape index (κ1) is 22.4. The van der Waals surface area contributed by atoms with Gasteiger partial charge in [0, 0.05) is 0 Å². The zero-order valence-electron chi connectivity index (χ0n) is 18.3. The highest BCUT2D eigenvalue weighted by molar-refractivity contribution is 8.26. The molecule has 10 heteroatoms. The van der Waals surface area contributed by atoms with Gasteiger partial charge in [-0.15, -0.1) is 0 Å². The molecule has 0 spiro atoms. The summed E-state index contributed by atoms with van der Waals surface area (Å²) in [4.78, 5) is 16.6. The van der Waals surface area contributed by atoms with Gasteiger partial charge >= 0.3 is 0 Å². The van der Waals surface area contributed by atoms with Crippen LogP contribution in [0.15, 0.2) is 58.1 Å². The number of methoxy groups -OCH3 is 2. The molecule has 2 heterocycles. The number of nitrogens with one attached hydrogen (secondary N) is 1. The van der Waals surface area contributed by atoms with E-state index in [9.17, 15) is 4.79 Å². The first-order chi connectivity index (χ1) is 16.0. The Morgan fingerprint density at radius 3 is 2.39 bits per heavy atom. The average molecular weight is 467 g/mol. The molecule has 1 N–H and O–H groups in total. The molecule has 0 fully saturated rings. The van der Waals surface area contributed by atoms with Gasteiger partial charge in [0.1, 0.15) is 19.0 Å². The molecule has 33 heavy (non-hydrogen) atoms. The lowest BCUT2D eigenvalue weighted by atomic mass is 10.1. The van der Waals surface area contributed by atoms with Crippen molar-refractivity contribution in [3.8, 4) is 23.0 Å². The maximum absolute atomic E-state index is 12.5. The first-order valence-electron chi connectivity index (χ1n) is 10.0. The normalized spacial score (nSPS) is 16.3. The number of benzene rings is 2. The lowest BCUT2D eigenvalue weighted by Gasteiger charge is -2.20. The fourth-order valence-corrected chi connectivity index (χ4v) is 3.93. The van der Waals surface area contributed by atoms with Crippen LogP contribution >= 0.6 is 11.8 Å². The zero-order valence-corrected chi connectivity index (χ0v) is 19.1. The number of rotatable bonds is 8. The molecule has 2 aromatic carbocycles. The summed E-state index contributed by atoms with van der Waals surface area (Å²) >= 11 is 1.26. The second-order valence-electron chi connectivity index (χ2n) is 6.90. The van der Waals surface area contributed by atoms with E-state index in [-0.39, 0.29) is 18.0 Å². The number of hydrogen-bond donors (Lipinski definition) is 1. The van der Waals surface area contributed by atoms with Gasteiger partial charge in [0.05, 0.1) is 24.8 Å². The van der Waals surface area contributed by atoms with Gasteiger partial charge in [-0.25, -0.2) is 0 Å². The molecule has 0 saturated heterocycles. The van der Waals surface area contributed by atoms with Gasteiger partial charge < -0.3 is 18.9 Å². The Kier molecular flexibility index (Phi) is 6.64. The Morgan fingerprint density at radius 1 is 1.06 bits per heavy atom. The molecule has 0 saturated carbocycles. The van der Waals surface area contributed by atoms with Crippen LogP contribution in [0.5, 0.6) is 23.0 Å². The van der Waals surface area contributed by atoms with Gasteiger partial charge in [-0.2, -0.15) is 15.1 Å². The molecule has 2 aliphatic heterocycles. The minimum atomic E-state index is -0.500. The Balaban J connectivity index is 1.54. The predicted molar refractivity (Wildman–Crippen MR) is 128 cm³/mol. The van der Waals surface area contributed by atoms with Crippen LogP contribution in [0.1, 0.15) is 12.5 Å². The third kappa shape index (κ3) is 4.85. The van der Waals surface area contributed by atoms with Crippen LogP contribution in [0.25, 0.3) is 6.08 Å². The molecule has 4 rings (SSSR count). The topological polar surface area (TPSA) is 106 Å². The van der Waals surface area contributed by atoms with E-state index in [0.29, 0.717) is 39.6 Å². The van der Waals surface area contributed by atoms with E-state index in [1.807, 2.05) is 30.3 Å². The predicted octanol–water partition coefficient (Wildman–Crippen LogP) is 3.80. The number of carbonyl (C=O) groups excluding carboxylic acids is 1. The molecule has 0 radical (unpaired) electrons. The Hall–Kier alpha value is -3.79. The van der Waals surface area contributed by atoms with E-state index >= 15 is 0 Å². The maximum Gasteiger partial charge on any atom is 0.283 e. The summed E-state index contributed by atoms with van der Waals surface area (Å²) in [5.74, 6) is 1.48. The molecule has 9 nitrogen and oxygen atoms in total. The summed E-state index contributed by atoms with van der Waals surface area (Å²) < 4.78 is 22.5. The molecule has 0 aromatic heterocycles. The summed E-state index contributed by atoms with van der Waals surface area (Å²) in [6.07, 6.45) is 1.56. The number of hydrazone groups is 1. The molecule has 0 bridgehead atoms. The Bertz CT molecular complexity index is 1150. The van der Waals surface area contributed by atoms with Crippen molar-refractivity contribution >= 4 is 39.8 Å². The third-order valence-electron chi connectivity index (χ3n) is 4.69. The largest absolute Gasteiger partial charge is 0.493 e. The SMILES string of the molecule is COc1cc(/C=C2\C(=N)N3N=C(C)SC3=NC2=O)cc(OC)c1OCCOc1ccccc1. The van der Waals surface area contributed by atoms with E-state index in [2.05, 4.69) is 10.1 Å². The molecule has 2 aromatic rings. The molecule has 1 amide bonds. The number of amidine groups is 2. The highest BCUT2D eigenvalue weighted by atomic mass is 32.2. The first-order valence-corrected chi connectivity index (χ1v) is 10.8. The van der Waals surface area contributed by atoms with Gasteiger partial charge in [-0.1, -0.05) is 18.2 Å². The number of fused-ring (bicyclic) bond motifs is 1. The molecule has 0 aliphatic carbocycles. The van der Waals surface area contributed by atoms with Crippen LogP contribution in [0.2, 0.25) is 0 Å². The van der Waals surface area contributed by atoms with Crippen LogP contribution in [0, 0.1) is 5.41 Å². The van der Waals surface area contributed by atoms with Crippen molar-refractivity contribution in [1.29, 1.82) is 5.41 Å². The highest BCUT2D eigenvalue weighted by Crippen LogP contribution is 2.39. The number of amides is 1. The molecule has 0 unspecified atom stereocenters. The van der Waals surface area contributed by atoms with Crippen LogP contribution in [-0.4, -0.2) is 54.4 Å². The van der Waals surface area contributed by atoms with Crippen molar-refractivity contribution in [2.24, 2.45) is 10.1 Å². The average Bonchev–Trinajstić information content (AvgIpc) is 3.20. The van der Waals surface area contributed by atoms with Gasteiger partial charge in [0.25, 0.3) is 5.91 Å². The second-order valence-corrected chi connectivity index (χ2v) is 8.06. The number of thioether (sulfide) groups is 1. The van der Waals surface area contributed by atoms with Gasteiger partial charge in [0.2, 0.25) is 10.9 Å². The minimum absolute atomic E-state index is 0.0364. The van der Waals surface area contributed by atoms with Crippen molar-refractivity contribution in [1.82, 2.24) is 5.01 Å². The van der Waals surface area contributed by atoms with Gasteiger partial charge in [-0.05, 0) is 54.6 Å². The van der Waals surface area contributed by atoms with Crippen LogP contribution in [0.3, 0.4) is 0 Å². The van der Waals surface area contributed by atoms with Crippen LogP contribution in [0.4, 0.5) is 0 Å². The van der Waals surface area contributed by atoms with Gasteiger partial charge in [0.15, 0.2) is 17.3 Å². The van der Waals surface area contributed by atoms with Crippen LogP contribution in [-0.2, 0) is 4.79 Å². The van der Waals surface area contributed by atoms with Crippen molar-refractivity contribution in [3.05, 3.63) is 53.6 Å². The smallest absolute Gasteiger partial charge is 0.283 e. The number of nitrogens with zero attached hydrogens (tertiary/aromatic N) is 3. The summed E-state index contributed by atoms with van der Waals surface area (Å²) in [5.41, 5.74) is 0.711. The summed E-state index contributed by atoms with van der Waals surface area (Å²) in [6, 6.07) is 12.9. The molecular weight excluding hydrogens is 444 g/mol. The lowest BCUT2D eigenvalue weighted by molar-refractivity contribution is -0.114. The second kappa shape index (κ2) is 9.78. The van der Waals surface area contributed by atoms with E-state index in [0.717, 1.165) is 5.75 Å². The lowest BCUT2D eigenvalue weighted by Crippen LogP contribution is -2.35. The number of hydrogen-bond acceptors (Lipinski definition) is 8. The Morgan fingerprint density at radius 2 is 1.73 bits per heavy atom. The molecular formula is C23H22N4O5S. The fraction of sp³-hybridized carbons (Fsp3) is 0.217. The summed E-state index contributed by atoms with van der Waals surface area (Å²) in [7, 11) is 3.03. The van der Waals surface area contributed by atoms with Crippen molar-refractivity contribution in [2.45, 2.75) is 6.92 Å². The fourth-order valence-electron chi connectivity index (χ4n) is 3.20. The van der Waals surface area contributed by atoms with Crippen molar-refractivity contribution < 1.29 is 23.7 Å². The van der Waals surface area contributed by atoms with Crippen LogP contribution < -0.4 is 18.9 Å². The van der Waals surface area contributed by atoms with Crippen molar-refractivity contribution in [2.75, 3.05) is 27.4 Å². The minimum Gasteiger partial charge on any atom is -0.493 e. The van der Waals surface area contributed by atoms with E-state index < -0.39 is 5.91 Å². The van der Waals surface area contributed by atoms with E-state index in [1.54, 1.807) is 25.1 Å². The molecule has 0 atom stereocenters. The number of para-hydroxylation sites is 1. The zero-order chi connectivity index (χ0) is 23.4. The third-order valence-corrected chi connectivity index (χ3v) is 5.51. The monoisotopic (exact) mass is 466 g/mol. The van der Waals surface area contributed by atoms with Crippen molar-refractivity contribution in [3.63, 3.8) is 0 Å². The molecule has 2 aliphatic rings. The standard InChI is InChI=1S/C23H22N4O5S/c1-14-26-27-21(24)17(22(28)25-23(27)33-14)11-15-12-18(29-2)20(19(13-15)30-3)32-10-9-31-16-7-5-4-6-8-16/h4-8,11-13,24H,9-10H2,1-3H3/b17-11+,24-21?. The van der Waals surface area contributed by atoms with Gasteiger partial charge in [-0.3, -0.25) is 10.2 Å². The number of carbonyl (C=O) groups is 1. The molecule has 170 valence electrons. The van der Waals surface area contributed by atoms with E-state index in [4.69, 9.17) is 24.4 Å². The summed E-state index contributed by atoms with van der Waals surface area (Å²) in [6.45, 7) is 2.40. The Labute approximate surface area is 195 Å². The maximum atomic E-state index is 12.5.